The minimum Gasteiger partial charge on any atom is -0.362 e. The number of rotatable bonds is 4. The van der Waals surface area contributed by atoms with Crippen molar-refractivity contribution in [2.24, 2.45) is 5.73 Å². The second kappa shape index (κ2) is 7.67. The van der Waals surface area contributed by atoms with Gasteiger partial charge in [0.25, 0.3) is 0 Å². The molecule has 0 saturated heterocycles. The van der Waals surface area contributed by atoms with Crippen molar-refractivity contribution in [1.82, 2.24) is 0 Å². The van der Waals surface area contributed by atoms with E-state index < -0.39 is 25.3 Å². The predicted octanol–water partition coefficient (Wildman–Crippen LogP) is 1.82. The largest absolute Gasteiger partial charge is 0.411 e. The van der Waals surface area contributed by atoms with Gasteiger partial charge in [0.05, 0.1) is 6.54 Å². The minimum atomic E-state index is -4.45. The molecule has 0 aromatic heterocycles. The number of carbonyl (C=O) groups excluding carboxylic acids is 1. The molecule has 1 rings (SSSR count). The van der Waals surface area contributed by atoms with E-state index in [9.17, 15) is 18.0 Å². The summed E-state index contributed by atoms with van der Waals surface area (Å²) in [4.78, 5) is 11.5. The summed E-state index contributed by atoms with van der Waals surface area (Å²) >= 11 is 0. The number of hydrogen-bond donors (Lipinski definition) is 2. The van der Waals surface area contributed by atoms with Gasteiger partial charge in [-0.25, -0.2) is 0 Å². The highest BCUT2D eigenvalue weighted by molar-refractivity contribution is 5.92. The Balaban J connectivity index is 2.61. The molecule has 0 atom stereocenters. The molecule has 0 spiro atoms. The van der Waals surface area contributed by atoms with Crippen LogP contribution in [0.25, 0.3) is 0 Å². The van der Waals surface area contributed by atoms with Gasteiger partial charge in [0.2, 0.25) is 5.91 Å². The van der Waals surface area contributed by atoms with Gasteiger partial charge in [0.15, 0.2) is 0 Å². The van der Waals surface area contributed by atoms with Gasteiger partial charge in [-0.1, -0.05) is 11.8 Å². The topological polar surface area (TPSA) is 64.3 Å². The summed E-state index contributed by atoms with van der Waals surface area (Å²) in [6.45, 7) is -0.108. The lowest BCUT2D eigenvalue weighted by atomic mass is 10.1. The standard InChI is InChI=1S/C14H15F3N2O2/c1-10-5-11(3-2-4-18)7-12(6-10)19-13(20)8-21-9-14(15,16)17/h5-7H,4,8-9,18H2,1H3,(H,19,20). The second-order valence-corrected chi connectivity index (χ2v) is 4.25. The van der Waals surface area contributed by atoms with E-state index in [-0.39, 0.29) is 6.54 Å². The monoisotopic (exact) mass is 300 g/mol. The summed E-state index contributed by atoms with van der Waals surface area (Å²) < 4.78 is 39.9. The number of hydrogen-bond acceptors (Lipinski definition) is 3. The number of aryl methyl sites for hydroxylation is 1. The molecule has 0 aliphatic heterocycles. The predicted molar refractivity (Wildman–Crippen MR) is 72.6 cm³/mol. The number of alkyl halides is 3. The fourth-order valence-electron chi connectivity index (χ4n) is 1.54. The number of anilines is 1. The zero-order valence-electron chi connectivity index (χ0n) is 11.4. The van der Waals surface area contributed by atoms with E-state index in [1.807, 2.05) is 6.92 Å². The molecule has 0 saturated carbocycles. The van der Waals surface area contributed by atoms with Gasteiger partial charge in [-0.05, 0) is 30.7 Å². The third-order valence-electron chi connectivity index (χ3n) is 2.19. The Hall–Kier alpha value is -2.04. The first-order valence-corrected chi connectivity index (χ1v) is 6.05. The van der Waals surface area contributed by atoms with E-state index in [0.717, 1.165) is 5.56 Å². The van der Waals surface area contributed by atoms with Crippen LogP contribution in [0.3, 0.4) is 0 Å². The van der Waals surface area contributed by atoms with Gasteiger partial charge in [0.1, 0.15) is 13.2 Å². The molecule has 1 aromatic rings. The van der Waals surface area contributed by atoms with Gasteiger partial charge >= 0.3 is 6.18 Å². The summed E-state index contributed by atoms with van der Waals surface area (Å²) in [7, 11) is 0. The number of halogens is 3. The fraction of sp³-hybridized carbons (Fsp3) is 0.357. The van der Waals surface area contributed by atoms with Crippen LogP contribution in [0.5, 0.6) is 0 Å². The molecular weight excluding hydrogens is 285 g/mol. The summed E-state index contributed by atoms with van der Waals surface area (Å²) in [6.07, 6.45) is -4.45. The Morgan fingerprint density at radius 3 is 2.71 bits per heavy atom. The number of ether oxygens (including phenoxy) is 1. The Labute approximate surface area is 120 Å². The van der Waals surface area contributed by atoms with Crippen LogP contribution in [0.1, 0.15) is 11.1 Å². The Morgan fingerprint density at radius 2 is 2.10 bits per heavy atom. The molecule has 0 unspecified atom stereocenters. The molecule has 0 fully saturated rings. The number of carbonyl (C=O) groups is 1. The molecule has 7 heteroatoms. The number of nitrogens with one attached hydrogen (secondary N) is 1. The summed E-state index contributed by atoms with van der Waals surface area (Å²) in [5, 5.41) is 2.46. The SMILES string of the molecule is Cc1cc(C#CCN)cc(NC(=O)COCC(F)(F)F)c1. The van der Waals surface area contributed by atoms with Crippen molar-refractivity contribution < 1.29 is 22.7 Å². The van der Waals surface area contributed by atoms with Crippen molar-refractivity contribution in [2.45, 2.75) is 13.1 Å². The lowest BCUT2D eigenvalue weighted by Gasteiger charge is -2.09. The van der Waals surface area contributed by atoms with Crippen molar-refractivity contribution in [2.75, 3.05) is 25.1 Å². The number of nitrogens with two attached hydrogens (primary N) is 1. The summed E-state index contributed by atoms with van der Waals surface area (Å²) in [6, 6.07) is 5.09. The molecule has 4 nitrogen and oxygen atoms in total. The van der Waals surface area contributed by atoms with E-state index in [4.69, 9.17) is 5.73 Å². The molecule has 0 aliphatic carbocycles. The van der Waals surface area contributed by atoms with Crippen LogP contribution in [0.2, 0.25) is 0 Å². The molecule has 1 aromatic carbocycles. The maximum atomic E-state index is 11.9. The maximum absolute atomic E-state index is 11.9. The van der Waals surface area contributed by atoms with E-state index >= 15 is 0 Å². The first kappa shape index (κ1) is 17.0. The van der Waals surface area contributed by atoms with Crippen molar-refractivity contribution in [3.05, 3.63) is 29.3 Å². The summed E-state index contributed by atoms with van der Waals surface area (Å²) in [5.74, 6) is 4.83. The van der Waals surface area contributed by atoms with E-state index in [1.165, 1.54) is 0 Å². The lowest BCUT2D eigenvalue weighted by Crippen LogP contribution is -2.24. The van der Waals surface area contributed by atoms with Crippen LogP contribution in [0.15, 0.2) is 18.2 Å². The van der Waals surface area contributed by atoms with E-state index in [1.54, 1.807) is 18.2 Å². The third kappa shape index (κ3) is 7.34. The van der Waals surface area contributed by atoms with Crippen molar-refractivity contribution >= 4 is 11.6 Å². The maximum Gasteiger partial charge on any atom is 0.411 e. The zero-order valence-corrected chi connectivity index (χ0v) is 11.4. The molecular formula is C14H15F3N2O2. The van der Waals surface area contributed by atoms with Crippen LogP contribution in [-0.2, 0) is 9.53 Å². The van der Waals surface area contributed by atoms with E-state index in [0.29, 0.717) is 11.3 Å². The Bertz CT molecular complexity index is 560. The summed E-state index contributed by atoms with van der Waals surface area (Å²) in [5.41, 5.74) is 7.22. The van der Waals surface area contributed by atoms with Crippen LogP contribution in [0, 0.1) is 18.8 Å². The first-order valence-electron chi connectivity index (χ1n) is 6.05. The minimum absolute atomic E-state index is 0.209. The molecule has 0 radical (unpaired) electrons. The van der Waals surface area contributed by atoms with Gasteiger partial charge in [0, 0.05) is 11.3 Å². The molecule has 1 amide bonds. The average Bonchev–Trinajstić information content (AvgIpc) is 2.34. The third-order valence-corrected chi connectivity index (χ3v) is 2.19. The van der Waals surface area contributed by atoms with Gasteiger partial charge in [-0.15, -0.1) is 0 Å². The Kier molecular flexibility index (Phi) is 6.21. The van der Waals surface area contributed by atoms with E-state index in [2.05, 4.69) is 21.9 Å². The Morgan fingerprint density at radius 1 is 1.38 bits per heavy atom. The zero-order chi connectivity index (χ0) is 15.9. The van der Waals surface area contributed by atoms with Crippen molar-refractivity contribution in [3.63, 3.8) is 0 Å². The van der Waals surface area contributed by atoms with Crippen LogP contribution in [0.4, 0.5) is 18.9 Å². The van der Waals surface area contributed by atoms with Crippen LogP contribution in [-0.4, -0.2) is 31.8 Å². The highest BCUT2D eigenvalue weighted by Gasteiger charge is 2.27. The fourth-order valence-corrected chi connectivity index (χ4v) is 1.54. The first-order chi connectivity index (χ1) is 9.80. The van der Waals surface area contributed by atoms with Crippen molar-refractivity contribution in [3.8, 4) is 11.8 Å². The smallest absolute Gasteiger partial charge is 0.362 e. The van der Waals surface area contributed by atoms with Gasteiger partial charge in [-0.2, -0.15) is 13.2 Å². The molecule has 114 valence electrons. The van der Waals surface area contributed by atoms with Crippen LogP contribution >= 0.6 is 0 Å². The second-order valence-electron chi connectivity index (χ2n) is 4.25. The molecule has 21 heavy (non-hydrogen) atoms. The normalized spacial score (nSPS) is 10.7. The van der Waals surface area contributed by atoms with Crippen LogP contribution < -0.4 is 11.1 Å². The van der Waals surface area contributed by atoms with Crippen molar-refractivity contribution in [1.29, 1.82) is 0 Å². The molecule has 0 bridgehead atoms. The highest BCUT2D eigenvalue weighted by atomic mass is 19.4. The highest BCUT2D eigenvalue weighted by Crippen LogP contribution is 2.15. The van der Waals surface area contributed by atoms with Gasteiger partial charge < -0.3 is 15.8 Å². The average molecular weight is 300 g/mol. The van der Waals surface area contributed by atoms with Gasteiger partial charge in [-0.3, -0.25) is 4.79 Å². The quantitative estimate of drug-likeness (QED) is 0.834. The lowest BCUT2D eigenvalue weighted by molar-refractivity contribution is -0.174. The molecule has 3 N–H and O–H groups in total. The molecule has 0 heterocycles. The number of amides is 1. The number of benzene rings is 1. The molecule has 0 aliphatic rings.